The monoisotopic (exact) mass is 400 g/mol. The van der Waals surface area contributed by atoms with E-state index in [9.17, 15) is 34.8 Å². The van der Waals surface area contributed by atoms with Crippen LogP contribution in [0, 0.1) is 0 Å². The van der Waals surface area contributed by atoms with Gasteiger partial charge in [-0.2, -0.15) is 26.3 Å². The Bertz CT molecular complexity index is 871. The Morgan fingerprint density at radius 3 is 2.31 bits per heavy atom. The molecule has 0 spiro atoms. The second kappa shape index (κ2) is 6.93. The molecular formula is C15H14F6N2O2S. The number of aryl methyl sites for hydroxylation is 1. The van der Waals surface area contributed by atoms with Crippen molar-refractivity contribution in [3.8, 4) is 0 Å². The molecule has 0 fully saturated rings. The molecule has 26 heavy (non-hydrogen) atoms. The van der Waals surface area contributed by atoms with Gasteiger partial charge < -0.3 is 4.98 Å². The van der Waals surface area contributed by atoms with Crippen LogP contribution < -0.4 is 0 Å². The number of rotatable bonds is 5. The number of hydrogen-bond donors (Lipinski definition) is 1. The van der Waals surface area contributed by atoms with Crippen molar-refractivity contribution in [2.75, 3.05) is 0 Å². The lowest BCUT2D eigenvalue weighted by Crippen LogP contribution is -2.19. The van der Waals surface area contributed by atoms with Crippen molar-refractivity contribution in [3.05, 3.63) is 47.5 Å². The fourth-order valence-corrected chi connectivity index (χ4v) is 3.68. The molecule has 0 radical (unpaired) electrons. The van der Waals surface area contributed by atoms with E-state index in [2.05, 4.69) is 4.98 Å². The highest BCUT2D eigenvalue weighted by Gasteiger charge is 2.35. The molecular weight excluding hydrogens is 386 g/mol. The van der Waals surface area contributed by atoms with Crippen molar-refractivity contribution >= 4 is 9.84 Å². The molecule has 144 valence electrons. The Kier molecular flexibility index (Phi) is 5.41. The highest BCUT2D eigenvalue weighted by atomic mass is 32.2. The number of aromatic amines is 1. The maximum Gasteiger partial charge on any atom is 0.449 e. The first-order valence-corrected chi connectivity index (χ1v) is 8.88. The van der Waals surface area contributed by atoms with E-state index < -0.39 is 43.7 Å². The Morgan fingerprint density at radius 2 is 1.77 bits per heavy atom. The Morgan fingerprint density at radius 1 is 1.12 bits per heavy atom. The zero-order chi connectivity index (χ0) is 19.8. The van der Waals surface area contributed by atoms with Gasteiger partial charge in [-0.1, -0.05) is 6.07 Å². The second-order valence-corrected chi connectivity index (χ2v) is 8.04. The summed E-state index contributed by atoms with van der Waals surface area (Å²) in [6, 6.07) is 3.35. The molecule has 0 amide bonds. The van der Waals surface area contributed by atoms with E-state index in [0.717, 1.165) is 24.4 Å². The fourth-order valence-electron chi connectivity index (χ4n) is 2.23. The summed E-state index contributed by atoms with van der Waals surface area (Å²) in [5.74, 6) is -1.19. The molecule has 2 rings (SSSR count). The molecule has 1 aromatic heterocycles. The molecule has 4 nitrogen and oxygen atoms in total. The third-order valence-corrected chi connectivity index (χ3v) is 5.94. The fraction of sp³-hybridized carbons (Fsp3) is 0.400. The van der Waals surface area contributed by atoms with Crippen LogP contribution in [0.4, 0.5) is 26.3 Å². The summed E-state index contributed by atoms with van der Waals surface area (Å²) in [4.78, 5) is 4.73. The summed E-state index contributed by atoms with van der Waals surface area (Å²) in [6.45, 7) is 1.29. The van der Waals surface area contributed by atoms with Crippen molar-refractivity contribution < 1.29 is 34.8 Å². The van der Waals surface area contributed by atoms with E-state index >= 15 is 0 Å². The number of nitrogens with zero attached hydrogens (tertiary/aromatic N) is 1. The smallest absolute Gasteiger partial charge is 0.338 e. The highest BCUT2D eigenvalue weighted by Crippen LogP contribution is 2.32. The predicted octanol–water partition coefficient (Wildman–Crippen LogP) is 4.24. The van der Waals surface area contributed by atoms with Gasteiger partial charge in [0.25, 0.3) is 0 Å². The van der Waals surface area contributed by atoms with Crippen LogP contribution in [0.5, 0.6) is 0 Å². The standard InChI is InChI=1S/C15H14F6N2O2S/c1-9(5-6-11-8-22-13(23-11)15(19,20)21)26(24,25)12-4-2-3-10(7-12)14(16,17)18/h2-4,7-9H,5-6H2,1H3,(H,22,23). The first kappa shape index (κ1) is 20.3. The van der Waals surface area contributed by atoms with Crippen LogP contribution in [-0.2, 0) is 28.6 Å². The zero-order valence-electron chi connectivity index (χ0n) is 13.3. The summed E-state index contributed by atoms with van der Waals surface area (Å²) < 4.78 is 100. The molecule has 1 aromatic carbocycles. The average Bonchev–Trinajstić information content (AvgIpc) is 3.01. The minimum atomic E-state index is -4.68. The summed E-state index contributed by atoms with van der Waals surface area (Å²) in [5, 5.41) is -1.09. The number of halogens is 6. The first-order chi connectivity index (χ1) is 11.8. The molecule has 0 bridgehead atoms. The van der Waals surface area contributed by atoms with Crippen LogP contribution in [0.2, 0.25) is 0 Å². The molecule has 1 N–H and O–H groups in total. The van der Waals surface area contributed by atoms with Crippen LogP contribution in [0.1, 0.15) is 30.4 Å². The van der Waals surface area contributed by atoms with E-state index in [1.54, 1.807) is 0 Å². The van der Waals surface area contributed by atoms with E-state index in [1.165, 1.54) is 6.92 Å². The topological polar surface area (TPSA) is 62.8 Å². The van der Waals surface area contributed by atoms with Gasteiger partial charge in [-0.25, -0.2) is 13.4 Å². The van der Waals surface area contributed by atoms with Crippen molar-refractivity contribution in [2.45, 2.75) is 42.3 Å². The summed E-state index contributed by atoms with van der Waals surface area (Å²) in [7, 11) is -4.07. The highest BCUT2D eigenvalue weighted by molar-refractivity contribution is 7.92. The number of nitrogens with one attached hydrogen (secondary N) is 1. The van der Waals surface area contributed by atoms with Crippen molar-refractivity contribution in [1.82, 2.24) is 9.97 Å². The lowest BCUT2D eigenvalue weighted by molar-refractivity contribution is -0.144. The SMILES string of the molecule is CC(CCc1cnc(C(F)(F)F)[nH]1)S(=O)(=O)c1cccc(C(F)(F)F)c1. The summed E-state index contributed by atoms with van der Waals surface area (Å²) in [5.41, 5.74) is -1.00. The number of benzene rings is 1. The van der Waals surface area contributed by atoms with Gasteiger partial charge >= 0.3 is 12.4 Å². The summed E-state index contributed by atoms with van der Waals surface area (Å²) in [6.07, 6.45) is -8.51. The molecule has 0 aliphatic rings. The first-order valence-electron chi connectivity index (χ1n) is 7.34. The van der Waals surface area contributed by atoms with Gasteiger partial charge in [-0.3, -0.25) is 0 Å². The van der Waals surface area contributed by atoms with Gasteiger partial charge in [-0.05, 0) is 38.0 Å². The molecule has 0 saturated heterocycles. The maximum absolute atomic E-state index is 12.7. The quantitative estimate of drug-likeness (QED) is 0.764. The molecule has 0 aliphatic carbocycles. The van der Waals surface area contributed by atoms with Crippen molar-refractivity contribution in [2.24, 2.45) is 0 Å². The van der Waals surface area contributed by atoms with Gasteiger partial charge in [0.1, 0.15) is 0 Å². The van der Waals surface area contributed by atoms with Crippen LogP contribution in [0.25, 0.3) is 0 Å². The molecule has 1 atom stereocenters. The van der Waals surface area contributed by atoms with E-state index in [1.807, 2.05) is 4.98 Å². The number of hydrogen-bond acceptors (Lipinski definition) is 3. The van der Waals surface area contributed by atoms with Gasteiger partial charge in [0.2, 0.25) is 5.82 Å². The van der Waals surface area contributed by atoms with Crippen LogP contribution >= 0.6 is 0 Å². The molecule has 0 aliphatic heterocycles. The summed E-state index contributed by atoms with van der Waals surface area (Å²) >= 11 is 0. The van der Waals surface area contributed by atoms with Crippen molar-refractivity contribution in [3.63, 3.8) is 0 Å². The molecule has 1 unspecified atom stereocenters. The molecule has 0 saturated carbocycles. The normalized spacial score (nSPS) is 14.4. The number of imidazole rings is 1. The maximum atomic E-state index is 12.7. The minimum absolute atomic E-state index is 0.0531. The zero-order valence-corrected chi connectivity index (χ0v) is 14.1. The third-order valence-electron chi connectivity index (χ3n) is 3.74. The Balaban J connectivity index is 2.13. The van der Waals surface area contributed by atoms with Crippen LogP contribution in [0.15, 0.2) is 35.4 Å². The van der Waals surface area contributed by atoms with E-state index in [4.69, 9.17) is 0 Å². The number of H-pyrrole nitrogens is 1. The molecule has 2 aromatic rings. The molecule has 1 heterocycles. The predicted molar refractivity (Wildman–Crippen MR) is 80.0 cm³/mol. The second-order valence-electron chi connectivity index (χ2n) is 5.67. The number of aromatic nitrogens is 2. The lowest BCUT2D eigenvalue weighted by atomic mass is 10.2. The van der Waals surface area contributed by atoms with Gasteiger partial charge in [-0.15, -0.1) is 0 Å². The van der Waals surface area contributed by atoms with Crippen molar-refractivity contribution in [1.29, 1.82) is 0 Å². The Hall–Kier alpha value is -2.04. The van der Waals surface area contributed by atoms with Crippen LogP contribution in [0.3, 0.4) is 0 Å². The van der Waals surface area contributed by atoms with E-state index in [0.29, 0.717) is 6.07 Å². The number of sulfone groups is 1. The van der Waals surface area contributed by atoms with Gasteiger partial charge in [0.05, 0.1) is 15.7 Å². The largest absolute Gasteiger partial charge is 0.449 e. The van der Waals surface area contributed by atoms with Crippen LogP contribution in [-0.4, -0.2) is 23.6 Å². The third kappa shape index (κ3) is 4.57. The van der Waals surface area contributed by atoms with E-state index in [-0.39, 0.29) is 18.5 Å². The molecule has 11 heteroatoms. The van der Waals surface area contributed by atoms with Gasteiger partial charge in [0, 0.05) is 11.9 Å². The Labute approximate surface area is 145 Å². The average molecular weight is 400 g/mol. The number of alkyl halides is 6. The minimum Gasteiger partial charge on any atom is -0.338 e. The lowest BCUT2D eigenvalue weighted by Gasteiger charge is -2.14. The van der Waals surface area contributed by atoms with Gasteiger partial charge in [0.15, 0.2) is 9.84 Å².